The number of benzene rings is 1. The van der Waals surface area contributed by atoms with Crippen molar-refractivity contribution in [1.82, 2.24) is 0 Å². The molecule has 1 aromatic carbocycles. The molecule has 0 aliphatic heterocycles. The molecule has 0 atom stereocenters. The zero-order chi connectivity index (χ0) is 13.2. The number of aryl methyl sites for hydroxylation is 1. The monoisotopic (exact) mass is 266 g/mol. The van der Waals surface area contributed by atoms with Crippen molar-refractivity contribution in [3.8, 4) is 17.6 Å². The topological polar surface area (TPSA) is 18.5 Å². The van der Waals surface area contributed by atoms with Crippen molar-refractivity contribution in [1.29, 1.82) is 0 Å². The van der Waals surface area contributed by atoms with Crippen LogP contribution < -0.4 is 4.74 Å². The summed E-state index contributed by atoms with van der Waals surface area (Å²) in [6.45, 7) is 6.09. The summed E-state index contributed by atoms with van der Waals surface area (Å²) in [6, 6.07) is 5.86. The minimum Gasteiger partial charge on any atom is -0.491 e. The van der Waals surface area contributed by atoms with Gasteiger partial charge >= 0.3 is 0 Å². The lowest BCUT2D eigenvalue weighted by molar-refractivity contribution is 0.101. The molecule has 0 fully saturated rings. The van der Waals surface area contributed by atoms with Crippen molar-refractivity contribution in [2.45, 2.75) is 20.3 Å². The normalized spacial score (nSPS) is 9.72. The van der Waals surface area contributed by atoms with Gasteiger partial charge in [-0.1, -0.05) is 18.8 Å². The number of rotatable bonds is 6. The van der Waals surface area contributed by atoms with Gasteiger partial charge in [-0.2, -0.15) is 0 Å². The molecule has 1 aromatic rings. The van der Waals surface area contributed by atoms with E-state index in [2.05, 4.69) is 18.8 Å². The SMILES string of the molecule is CCCOCCOc1ccc(C#CCCl)c(C)c1. The summed E-state index contributed by atoms with van der Waals surface area (Å²) in [5.41, 5.74) is 2.09. The molecule has 0 aliphatic rings. The Labute approximate surface area is 114 Å². The van der Waals surface area contributed by atoms with Gasteiger partial charge in [-0.3, -0.25) is 0 Å². The van der Waals surface area contributed by atoms with E-state index in [4.69, 9.17) is 21.1 Å². The first-order chi connectivity index (χ1) is 8.77. The van der Waals surface area contributed by atoms with Gasteiger partial charge in [0.2, 0.25) is 0 Å². The Morgan fingerprint density at radius 1 is 1.22 bits per heavy atom. The molecule has 0 N–H and O–H groups in total. The van der Waals surface area contributed by atoms with Gasteiger partial charge in [-0.05, 0) is 37.1 Å². The summed E-state index contributed by atoms with van der Waals surface area (Å²) < 4.78 is 10.9. The Morgan fingerprint density at radius 2 is 2.06 bits per heavy atom. The summed E-state index contributed by atoms with van der Waals surface area (Å²) in [5.74, 6) is 7.06. The zero-order valence-corrected chi connectivity index (χ0v) is 11.7. The average Bonchev–Trinajstić information content (AvgIpc) is 2.37. The number of alkyl halides is 1. The lowest BCUT2D eigenvalue weighted by Gasteiger charge is -2.08. The van der Waals surface area contributed by atoms with Crippen LogP contribution in [-0.4, -0.2) is 25.7 Å². The molecule has 0 saturated carbocycles. The van der Waals surface area contributed by atoms with E-state index in [0.29, 0.717) is 19.1 Å². The average molecular weight is 267 g/mol. The molecule has 0 aromatic heterocycles. The van der Waals surface area contributed by atoms with Gasteiger partial charge in [0.15, 0.2) is 0 Å². The van der Waals surface area contributed by atoms with E-state index in [1.54, 1.807) is 0 Å². The van der Waals surface area contributed by atoms with Crippen LogP contribution in [0.5, 0.6) is 5.75 Å². The first-order valence-corrected chi connectivity index (χ1v) is 6.67. The maximum atomic E-state index is 5.59. The van der Waals surface area contributed by atoms with Gasteiger partial charge in [-0.15, -0.1) is 11.6 Å². The van der Waals surface area contributed by atoms with Crippen LogP contribution in [0.4, 0.5) is 0 Å². The summed E-state index contributed by atoms with van der Waals surface area (Å²) in [4.78, 5) is 0. The highest BCUT2D eigenvalue weighted by Crippen LogP contribution is 2.16. The largest absolute Gasteiger partial charge is 0.491 e. The summed E-state index contributed by atoms with van der Waals surface area (Å²) in [6.07, 6.45) is 1.03. The van der Waals surface area contributed by atoms with E-state index in [-0.39, 0.29) is 0 Å². The number of ether oxygens (including phenoxy) is 2. The molecule has 0 heterocycles. The Kier molecular flexibility index (Phi) is 7.32. The second-order valence-corrected chi connectivity index (χ2v) is 4.14. The van der Waals surface area contributed by atoms with Crippen molar-refractivity contribution >= 4 is 11.6 Å². The maximum absolute atomic E-state index is 5.59. The highest BCUT2D eigenvalue weighted by Gasteiger charge is 1.98. The molecule has 0 saturated heterocycles. The molecule has 0 spiro atoms. The van der Waals surface area contributed by atoms with E-state index < -0.39 is 0 Å². The van der Waals surface area contributed by atoms with Crippen LogP contribution in [0.2, 0.25) is 0 Å². The molecular formula is C15H19ClO2. The second-order valence-electron chi connectivity index (χ2n) is 3.87. The first-order valence-electron chi connectivity index (χ1n) is 6.14. The first kappa shape index (κ1) is 14.9. The number of hydrogen-bond acceptors (Lipinski definition) is 2. The molecule has 98 valence electrons. The Bertz CT molecular complexity index is 418. The van der Waals surface area contributed by atoms with Crippen LogP contribution in [0.1, 0.15) is 24.5 Å². The molecule has 0 unspecified atom stereocenters. The zero-order valence-electron chi connectivity index (χ0n) is 11.0. The maximum Gasteiger partial charge on any atom is 0.119 e. The van der Waals surface area contributed by atoms with Gasteiger partial charge in [-0.25, -0.2) is 0 Å². The fourth-order valence-electron chi connectivity index (χ4n) is 1.46. The molecule has 2 nitrogen and oxygen atoms in total. The fourth-order valence-corrected chi connectivity index (χ4v) is 1.53. The highest BCUT2D eigenvalue weighted by molar-refractivity contribution is 6.19. The molecule has 0 radical (unpaired) electrons. The molecule has 0 amide bonds. The summed E-state index contributed by atoms with van der Waals surface area (Å²) >= 11 is 5.53. The quantitative estimate of drug-likeness (QED) is 0.446. The van der Waals surface area contributed by atoms with Crippen LogP contribution in [0.15, 0.2) is 18.2 Å². The van der Waals surface area contributed by atoms with Gasteiger partial charge in [0, 0.05) is 12.2 Å². The third-order valence-corrected chi connectivity index (χ3v) is 2.47. The Balaban J connectivity index is 2.46. The fraction of sp³-hybridized carbons (Fsp3) is 0.467. The smallest absolute Gasteiger partial charge is 0.119 e. The van der Waals surface area contributed by atoms with Crippen molar-refractivity contribution in [2.75, 3.05) is 25.7 Å². The third-order valence-electron chi connectivity index (χ3n) is 2.33. The van der Waals surface area contributed by atoms with Crippen LogP contribution in [-0.2, 0) is 4.74 Å². The predicted molar refractivity (Wildman–Crippen MR) is 75.4 cm³/mol. The lowest BCUT2D eigenvalue weighted by atomic mass is 10.1. The van der Waals surface area contributed by atoms with Crippen LogP contribution in [0.3, 0.4) is 0 Å². The Morgan fingerprint density at radius 3 is 2.72 bits per heavy atom. The summed E-state index contributed by atoms with van der Waals surface area (Å²) in [7, 11) is 0. The molecular weight excluding hydrogens is 248 g/mol. The van der Waals surface area contributed by atoms with Gasteiger partial charge in [0.1, 0.15) is 12.4 Å². The van der Waals surface area contributed by atoms with Gasteiger partial charge in [0.25, 0.3) is 0 Å². The van der Waals surface area contributed by atoms with Crippen LogP contribution >= 0.6 is 11.6 Å². The molecule has 0 aliphatic carbocycles. The van der Waals surface area contributed by atoms with Crippen LogP contribution in [0, 0.1) is 18.8 Å². The van der Waals surface area contributed by atoms with Crippen molar-refractivity contribution in [2.24, 2.45) is 0 Å². The van der Waals surface area contributed by atoms with E-state index >= 15 is 0 Å². The minimum atomic E-state index is 0.354. The standard InChI is InChI=1S/C15H19ClO2/c1-3-9-17-10-11-18-15-7-6-14(5-4-8-16)13(2)12-15/h6-7,12H,3,8-11H2,1-2H3. The molecule has 3 heteroatoms. The summed E-state index contributed by atoms with van der Waals surface area (Å²) in [5, 5.41) is 0. The van der Waals surface area contributed by atoms with E-state index in [1.165, 1.54) is 0 Å². The minimum absolute atomic E-state index is 0.354. The van der Waals surface area contributed by atoms with Gasteiger partial charge in [0.05, 0.1) is 12.5 Å². The number of halogens is 1. The van der Waals surface area contributed by atoms with E-state index in [9.17, 15) is 0 Å². The van der Waals surface area contributed by atoms with Crippen molar-refractivity contribution in [3.63, 3.8) is 0 Å². The second kappa shape index (κ2) is 8.85. The third kappa shape index (κ3) is 5.44. The molecule has 1 rings (SSSR count). The van der Waals surface area contributed by atoms with Crippen molar-refractivity contribution < 1.29 is 9.47 Å². The van der Waals surface area contributed by atoms with Crippen molar-refractivity contribution in [3.05, 3.63) is 29.3 Å². The van der Waals surface area contributed by atoms with Gasteiger partial charge < -0.3 is 9.47 Å². The molecule has 0 bridgehead atoms. The Hall–Kier alpha value is -1.17. The number of hydrogen-bond donors (Lipinski definition) is 0. The predicted octanol–water partition coefficient (Wildman–Crippen LogP) is 3.39. The lowest BCUT2D eigenvalue weighted by Crippen LogP contribution is -2.07. The highest BCUT2D eigenvalue weighted by atomic mass is 35.5. The molecule has 18 heavy (non-hydrogen) atoms. The van der Waals surface area contributed by atoms with E-state index in [1.807, 2.05) is 25.1 Å². The van der Waals surface area contributed by atoms with Crippen LogP contribution in [0.25, 0.3) is 0 Å². The van der Waals surface area contributed by atoms with E-state index in [0.717, 1.165) is 29.9 Å².